The Morgan fingerprint density at radius 3 is 2.68 bits per heavy atom. The number of carbonyl (C=O) groups excluding carboxylic acids is 2. The van der Waals surface area contributed by atoms with Crippen molar-refractivity contribution in [2.24, 2.45) is 0 Å². The van der Waals surface area contributed by atoms with Crippen LogP contribution < -0.4 is 4.90 Å². The Morgan fingerprint density at radius 1 is 1.18 bits per heavy atom. The molecule has 1 amide bonds. The van der Waals surface area contributed by atoms with Gasteiger partial charge in [0.1, 0.15) is 6.61 Å². The van der Waals surface area contributed by atoms with Crippen molar-refractivity contribution in [1.29, 1.82) is 0 Å². The van der Waals surface area contributed by atoms with E-state index in [0.717, 1.165) is 21.7 Å². The minimum absolute atomic E-state index is 0.0583. The molecule has 1 aromatic carbocycles. The number of esters is 1. The number of nitrogens with zero attached hydrogens (tertiary/aromatic N) is 2. The molecule has 0 fully saturated rings. The molecule has 0 unspecified atom stereocenters. The molecule has 144 valence electrons. The van der Waals surface area contributed by atoms with Gasteiger partial charge in [0.2, 0.25) is 5.91 Å². The summed E-state index contributed by atoms with van der Waals surface area (Å²) in [4.78, 5) is 31.1. The molecule has 0 bridgehead atoms. The Hall–Kier alpha value is -2.77. The lowest BCUT2D eigenvalue weighted by atomic mass is 10.1. The molecule has 0 radical (unpaired) electrons. The summed E-state index contributed by atoms with van der Waals surface area (Å²) in [5.41, 5.74) is 3.64. The zero-order valence-corrected chi connectivity index (χ0v) is 17.5. The van der Waals surface area contributed by atoms with Crippen LogP contribution in [0.3, 0.4) is 0 Å². The van der Waals surface area contributed by atoms with E-state index in [-0.39, 0.29) is 12.5 Å². The van der Waals surface area contributed by atoms with Crippen molar-refractivity contribution >= 4 is 51.4 Å². The fourth-order valence-electron chi connectivity index (χ4n) is 2.49. The monoisotopic (exact) mass is 412 g/mol. The Bertz CT molecular complexity index is 1010. The van der Waals surface area contributed by atoms with Crippen LogP contribution in [-0.2, 0) is 20.9 Å². The molecule has 2 aromatic heterocycles. The van der Waals surface area contributed by atoms with Crippen LogP contribution in [0.25, 0.3) is 6.08 Å². The van der Waals surface area contributed by atoms with Crippen molar-refractivity contribution in [3.05, 3.63) is 68.9 Å². The molecule has 7 heteroatoms. The highest BCUT2D eigenvalue weighted by Crippen LogP contribution is 2.30. The molecule has 3 rings (SSSR count). The summed E-state index contributed by atoms with van der Waals surface area (Å²) in [6, 6.07) is 9.69. The maximum Gasteiger partial charge on any atom is 0.331 e. The molecule has 0 saturated carbocycles. The van der Waals surface area contributed by atoms with Gasteiger partial charge in [0.05, 0.1) is 11.4 Å². The molecule has 0 spiro atoms. The van der Waals surface area contributed by atoms with E-state index in [4.69, 9.17) is 4.74 Å². The number of aromatic nitrogens is 1. The highest BCUT2D eigenvalue weighted by Gasteiger charge is 2.18. The lowest BCUT2D eigenvalue weighted by molar-refractivity contribution is -0.139. The van der Waals surface area contributed by atoms with Crippen molar-refractivity contribution < 1.29 is 14.3 Å². The predicted octanol–water partition coefficient (Wildman–Crippen LogP) is 5.26. The number of hydrogen-bond donors (Lipinski definition) is 0. The van der Waals surface area contributed by atoms with Gasteiger partial charge in [-0.2, -0.15) is 0 Å². The lowest BCUT2D eigenvalue weighted by Gasteiger charge is -2.19. The van der Waals surface area contributed by atoms with Crippen LogP contribution in [0.4, 0.5) is 10.8 Å². The third kappa shape index (κ3) is 4.94. The fraction of sp³-hybridized carbons (Fsp3) is 0.190. The van der Waals surface area contributed by atoms with Gasteiger partial charge in [0.15, 0.2) is 5.13 Å². The van der Waals surface area contributed by atoms with Crippen molar-refractivity contribution in [3.8, 4) is 0 Å². The maximum absolute atomic E-state index is 12.2. The number of thiazole rings is 1. The average Bonchev–Trinajstić information content (AvgIpc) is 3.33. The molecule has 0 aliphatic rings. The summed E-state index contributed by atoms with van der Waals surface area (Å²) in [6.45, 7) is 5.60. The molecule has 3 aromatic rings. The van der Waals surface area contributed by atoms with Crippen LogP contribution in [0.2, 0.25) is 0 Å². The Balaban J connectivity index is 1.68. The zero-order valence-electron chi connectivity index (χ0n) is 15.8. The largest absolute Gasteiger partial charge is 0.456 e. The first-order valence-corrected chi connectivity index (χ1v) is 10.4. The van der Waals surface area contributed by atoms with E-state index in [1.54, 1.807) is 27.7 Å². The highest BCUT2D eigenvalue weighted by atomic mass is 32.1. The number of ether oxygens (including phenoxy) is 1. The molecule has 0 N–H and O–H groups in total. The normalized spacial score (nSPS) is 11.0. The summed E-state index contributed by atoms with van der Waals surface area (Å²) in [7, 11) is 0. The number of carbonyl (C=O) groups is 2. The van der Waals surface area contributed by atoms with Gasteiger partial charge in [-0.1, -0.05) is 12.1 Å². The second-order valence-corrected chi connectivity index (χ2v) is 8.02. The molecule has 5 nitrogen and oxygen atoms in total. The van der Waals surface area contributed by atoms with E-state index in [1.807, 2.05) is 49.6 Å². The van der Waals surface area contributed by atoms with Gasteiger partial charge < -0.3 is 4.74 Å². The van der Waals surface area contributed by atoms with Crippen molar-refractivity contribution in [3.63, 3.8) is 0 Å². The number of aryl methyl sites for hydroxylation is 2. The molecule has 2 heterocycles. The fourth-order valence-corrected chi connectivity index (χ4v) is 3.98. The minimum atomic E-state index is -0.430. The van der Waals surface area contributed by atoms with Crippen LogP contribution in [0.1, 0.15) is 28.6 Å². The van der Waals surface area contributed by atoms with Crippen molar-refractivity contribution in [1.82, 2.24) is 4.98 Å². The molecular formula is C21H20N2O3S2. The summed E-state index contributed by atoms with van der Waals surface area (Å²) in [5.74, 6) is -0.555. The average molecular weight is 413 g/mol. The highest BCUT2D eigenvalue weighted by molar-refractivity contribution is 7.14. The van der Waals surface area contributed by atoms with Crippen LogP contribution in [0.5, 0.6) is 0 Å². The predicted molar refractivity (Wildman–Crippen MR) is 114 cm³/mol. The van der Waals surface area contributed by atoms with Crippen LogP contribution in [0, 0.1) is 13.8 Å². The smallest absolute Gasteiger partial charge is 0.331 e. The van der Waals surface area contributed by atoms with Gasteiger partial charge in [-0.15, -0.1) is 22.7 Å². The van der Waals surface area contributed by atoms with Crippen LogP contribution in [0.15, 0.2) is 47.2 Å². The molecule has 0 aliphatic carbocycles. The summed E-state index contributed by atoms with van der Waals surface area (Å²) in [6.07, 6.45) is 3.12. The van der Waals surface area contributed by atoms with Gasteiger partial charge in [0, 0.05) is 23.3 Å². The van der Waals surface area contributed by atoms with E-state index in [1.165, 1.54) is 24.3 Å². The van der Waals surface area contributed by atoms with Gasteiger partial charge in [-0.05, 0) is 54.6 Å². The Kier molecular flexibility index (Phi) is 6.38. The van der Waals surface area contributed by atoms with E-state index < -0.39 is 5.97 Å². The number of benzene rings is 1. The number of anilines is 2. The standard InChI is InChI=1S/C21H20N2O3S2/c1-14-6-7-18(11-15(14)2)23(16(3)24)21-22-17(13-28-21)12-26-20(25)9-8-19-5-4-10-27-19/h4-11,13H,12H2,1-3H3/b9-8+. The van der Waals surface area contributed by atoms with Gasteiger partial charge in [-0.25, -0.2) is 9.78 Å². The third-order valence-corrected chi connectivity index (χ3v) is 5.80. The topological polar surface area (TPSA) is 59.5 Å². The number of thiophene rings is 1. The first-order chi connectivity index (χ1) is 13.4. The number of rotatable bonds is 6. The molecule has 0 saturated heterocycles. The van der Waals surface area contributed by atoms with Gasteiger partial charge in [-0.3, -0.25) is 9.69 Å². The van der Waals surface area contributed by atoms with Crippen molar-refractivity contribution in [2.45, 2.75) is 27.4 Å². The molecule has 28 heavy (non-hydrogen) atoms. The van der Waals surface area contributed by atoms with Gasteiger partial charge in [0.25, 0.3) is 0 Å². The van der Waals surface area contributed by atoms with Crippen LogP contribution >= 0.6 is 22.7 Å². The van der Waals surface area contributed by atoms with Crippen LogP contribution in [-0.4, -0.2) is 16.9 Å². The van der Waals surface area contributed by atoms with E-state index in [0.29, 0.717) is 10.8 Å². The van der Waals surface area contributed by atoms with Gasteiger partial charge >= 0.3 is 5.97 Å². The summed E-state index contributed by atoms with van der Waals surface area (Å²) >= 11 is 2.89. The summed E-state index contributed by atoms with van der Waals surface area (Å²) in [5, 5.41) is 4.29. The molecule has 0 aliphatic heterocycles. The second-order valence-electron chi connectivity index (χ2n) is 6.20. The zero-order chi connectivity index (χ0) is 20.1. The number of amides is 1. The van der Waals surface area contributed by atoms with E-state index in [9.17, 15) is 9.59 Å². The molecule has 0 atom stereocenters. The second kappa shape index (κ2) is 8.95. The quantitative estimate of drug-likeness (QED) is 0.409. The molecular weight excluding hydrogens is 392 g/mol. The van der Waals surface area contributed by atoms with E-state index >= 15 is 0 Å². The third-order valence-electron chi connectivity index (χ3n) is 4.08. The summed E-state index contributed by atoms with van der Waals surface area (Å²) < 4.78 is 5.24. The lowest BCUT2D eigenvalue weighted by Crippen LogP contribution is -2.22. The SMILES string of the molecule is CC(=O)N(c1ccc(C)c(C)c1)c1nc(COC(=O)/C=C/c2cccs2)cs1. The maximum atomic E-state index is 12.2. The first-order valence-electron chi connectivity index (χ1n) is 8.65. The first kappa shape index (κ1) is 20.0. The Morgan fingerprint density at radius 2 is 2.00 bits per heavy atom. The van der Waals surface area contributed by atoms with Crippen molar-refractivity contribution in [2.75, 3.05) is 4.90 Å². The number of hydrogen-bond acceptors (Lipinski definition) is 6. The van der Waals surface area contributed by atoms with E-state index in [2.05, 4.69) is 4.98 Å². The minimum Gasteiger partial charge on any atom is -0.456 e. The Labute approximate surface area is 171 Å².